The highest BCUT2D eigenvalue weighted by molar-refractivity contribution is 5.90. The third-order valence-electron chi connectivity index (χ3n) is 3.49. The molecule has 2 aromatic rings. The summed E-state index contributed by atoms with van der Waals surface area (Å²) in [7, 11) is 0. The zero-order valence-corrected chi connectivity index (χ0v) is 14.3. The summed E-state index contributed by atoms with van der Waals surface area (Å²) < 4.78 is 1.78. The van der Waals surface area contributed by atoms with Crippen LogP contribution in [0.2, 0.25) is 0 Å². The third-order valence-corrected chi connectivity index (χ3v) is 3.49. The monoisotopic (exact) mass is 328 g/mol. The zero-order valence-electron chi connectivity index (χ0n) is 14.3. The second kappa shape index (κ2) is 8.29. The summed E-state index contributed by atoms with van der Waals surface area (Å²) in [5, 5.41) is 9.94. The Morgan fingerprint density at radius 1 is 1.17 bits per heavy atom. The van der Waals surface area contributed by atoms with Gasteiger partial charge in [0.1, 0.15) is 5.82 Å². The molecule has 1 heterocycles. The maximum Gasteiger partial charge on any atom is 0.227 e. The van der Waals surface area contributed by atoms with Crippen molar-refractivity contribution in [2.75, 3.05) is 5.32 Å². The Morgan fingerprint density at radius 2 is 1.88 bits per heavy atom. The van der Waals surface area contributed by atoms with Gasteiger partial charge in [0.05, 0.1) is 18.7 Å². The Labute approximate surface area is 142 Å². The standard InChI is InChI=1S/C18H24N4O2/c1-13(2)12-22-17(9-10-19-22)21-18(24)11-16(20-14(3)23)15-7-5-4-6-8-15/h4-10,13,16H,11-12H2,1-3H3,(H,20,23)(H,21,24). The molecule has 2 amide bonds. The summed E-state index contributed by atoms with van der Waals surface area (Å²) in [5.74, 6) is 0.768. The summed E-state index contributed by atoms with van der Waals surface area (Å²) in [6, 6.07) is 10.9. The minimum atomic E-state index is -0.356. The molecule has 0 saturated heterocycles. The van der Waals surface area contributed by atoms with E-state index in [1.165, 1.54) is 6.92 Å². The molecule has 0 radical (unpaired) electrons. The highest BCUT2D eigenvalue weighted by atomic mass is 16.2. The molecule has 0 spiro atoms. The topological polar surface area (TPSA) is 76.0 Å². The van der Waals surface area contributed by atoms with Crippen molar-refractivity contribution in [2.24, 2.45) is 5.92 Å². The van der Waals surface area contributed by atoms with Gasteiger partial charge in [0.25, 0.3) is 0 Å². The first-order chi connectivity index (χ1) is 11.5. The fourth-order valence-electron chi connectivity index (χ4n) is 2.49. The summed E-state index contributed by atoms with van der Waals surface area (Å²) in [6.07, 6.45) is 1.83. The molecule has 0 aliphatic heterocycles. The Balaban J connectivity index is 2.05. The van der Waals surface area contributed by atoms with Crippen LogP contribution in [0.1, 0.15) is 38.8 Å². The molecule has 2 N–H and O–H groups in total. The molecule has 6 nitrogen and oxygen atoms in total. The molecule has 1 unspecified atom stereocenters. The lowest BCUT2D eigenvalue weighted by Gasteiger charge is -2.18. The van der Waals surface area contributed by atoms with E-state index < -0.39 is 0 Å². The van der Waals surface area contributed by atoms with E-state index in [-0.39, 0.29) is 24.3 Å². The van der Waals surface area contributed by atoms with Gasteiger partial charge in [0.15, 0.2) is 0 Å². The largest absolute Gasteiger partial charge is 0.349 e. The first-order valence-electron chi connectivity index (χ1n) is 8.09. The van der Waals surface area contributed by atoms with Gasteiger partial charge in [0, 0.05) is 19.5 Å². The van der Waals surface area contributed by atoms with E-state index >= 15 is 0 Å². The van der Waals surface area contributed by atoms with Gasteiger partial charge in [0.2, 0.25) is 11.8 Å². The number of hydrogen-bond acceptors (Lipinski definition) is 3. The number of aromatic nitrogens is 2. The number of carbonyl (C=O) groups is 2. The van der Waals surface area contributed by atoms with Crippen LogP contribution < -0.4 is 10.6 Å². The molecule has 128 valence electrons. The average Bonchev–Trinajstić information content (AvgIpc) is 2.93. The second-order valence-electron chi connectivity index (χ2n) is 6.21. The molecule has 1 aromatic carbocycles. The van der Waals surface area contributed by atoms with Crippen LogP contribution in [0, 0.1) is 5.92 Å². The lowest BCUT2D eigenvalue weighted by molar-refractivity contribution is -0.120. The molecular formula is C18H24N4O2. The Morgan fingerprint density at radius 3 is 2.50 bits per heavy atom. The minimum Gasteiger partial charge on any atom is -0.349 e. The fraction of sp³-hybridized carbons (Fsp3) is 0.389. The number of benzene rings is 1. The van der Waals surface area contributed by atoms with Crippen molar-refractivity contribution in [2.45, 2.75) is 39.8 Å². The van der Waals surface area contributed by atoms with Crippen LogP contribution in [0.25, 0.3) is 0 Å². The third kappa shape index (κ3) is 5.22. The highest BCUT2D eigenvalue weighted by Gasteiger charge is 2.18. The average molecular weight is 328 g/mol. The maximum absolute atomic E-state index is 12.4. The molecule has 6 heteroatoms. The van der Waals surface area contributed by atoms with E-state index in [0.717, 1.165) is 12.1 Å². The number of amides is 2. The van der Waals surface area contributed by atoms with E-state index in [9.17, 15) is 9.59 Å². The second-order valence-corrected chi connectivity index (χ2v) is 6.21. The Kier molecular flexibility index (Phi) is 6.12. The molecule has 0 aliphatic carbocycles. The number of anilines is 1. The smallest absolute Gasteiger partial charge is 0.227 e. The van der Waals surface area contributed by atoms with Gasteiger partial charge >= 0.3 is 0 Å². The summed E-state index contributed by atoms with van der Waals surface area (Å²) in [5.41, 5.74) is 0.901. The van der Waals surface area contributed by atoms with E-state index in [1.54, 1.807) is 16.9 Å². The quantitative estimate of drug-likeness (QED) is 0.820. The van der Waals surface area contributed by atoms with Gasteiger partial charge in [-0.25, -0.2) is 4.68 Å². The molecule has 0 fully saturated rings. The Hall–Kier alpha value is -2.63. The predicted molar refractivity (Wildman–Crippen MR) is 93.3 cm³/mol. The van der Waals surface area contributed by atoms with E-state index in [0.29, 0.717) is 11.7 Å². The molecule has 0 saturated carbocycles. The fourth-order valence-corrected chi connectivity index (χ4v) is 2.49. The van der Waals surface area contributed by atoms with Crippen molar-refractivity contribution in [3.63, 3.8) is 0 Å². The molecule has 0 bridgehead atoms. The van der Waals surface area contributed by atoms with Gasteiger partial charge in [-0.1, -0.05) is 44.2 Å². The van der Waals surface area contributed by atoms with Gasteiger partial charge in [-0.2, -0.15) is 5.10 Å². The summed E-state index contributed by atoms with van der Waals surface area (Å²) >= 11 is 0. The molecule has 0 aliphatic rings. The number of nitrogens with zero attached hydrogens (tertiary/aromatic N) is 2. The van der Waals surface area contributed by atoms with Crippen LogP contribution in [-0.4, -0.2) is 21.6 Å². The highest BCUT2D eigenvalue weighted by Crippen LogP contribution is 2.18. The van der Waals surface area contributed by atoms with Crippen molar-refractivity contribution in [1.29, 1.82) is 0 Å². The maximum atomic E-state index is 12.4. The number of nitrogens with one attached hydrogen (secondary N) is 2. The van der Waals surface area contributed by atoms with E-state index in [1.807, 2.05) is 30.3 Å². The Bertz CT molecular complexity index is 679. The van der Waals surface area contributed by atoms with Crippen molar-refractivity contribution in [3.05, 3.63) is 48.2 Å². The lowest BCUT2D eigenvalue weighted by atomic mass is 10.0. The lowest BCUT2D eigenvalue weighted by Crippen LogP contribution is -2.30. The van der Waals surface area contributed by atoms with Crippen LogP contribution >= 0.6 is 0 Å². The summed E-state index contributed by atoms with van der Waals surface area (Å²) in [4.78, 5) is 23.9. The van der Waals surface area contributed by atoms with E-state index in [2.05, 4.69) is 29.6 Å². The molecule has 1 atom stereocenters. The van der Waals surface area contributed by atoms with Crippen LogP contribution in [-0.2, 0) is 16.1 Å². The first kappa shape index (κ1) is 17.7. The number of rotatable bonds is 7. The first-order valence-corrected chi connectivity index (χ1v) is 8.09. The zero-order chi connectivity index (χ0) is 17.5. The number of hydrogen-bond donors (Lipinski definition) is 2. The van der Waals surface area contributed by atoms with Crippen molar-refractivity contribution in [3.8, 4) is 0 Å². The normalized spacial score (nSPS) is 12.0. The van der Waals surface area contributed by atoms with Crippen LogP contribution in [0.4, 0.5) is 5.82 Å². The van der Waals surface area contributed by atoms with Crippen molar-refractivity contribution >= 4 is 17.6 Å². The molecule has 24 heavy (non-hydrogen) atoms. The molecule has 1 aromatic heterocycles. The van der Waals surface area contributed by atoms with E-state index in [4.69, 9.17) is 0 Å². The van der Waals surface area contributed by atoms with Crippen LogP contribution in [0.5, 0.6) is 0 Å². The number of carbonyl (C=O) groups excluding carboxylic acids is 2. The van der Waals surface area contributed by atoms with Crippen molar-refractivity contribution < 1.29 is 9.59 Å². The SMILES string of the molecule is CC(=O)NC(CC(=O)Nc1ccnn1CC(C)C)c1ccccc1. The summed E-state index contributed by atoms with van der Waals surface area (Å²) in [6.45, 7) is 6.37. The van der Waals surface area contributed by atoms with Gasteiger partial charge in [-0.05, 0) is 11.5 Å². The molecular weight excluding hydrogens is 304 g/mol. The van der Waals surface area contributed by atoms with Crippen LogP contribution in [0.15, 0.2) is 42.6 Å². The minimum absolute atomic E-state index is 0.163. The van der Waals surface area contributed by atoms with Gasteiger partial charge < -0.3 is 10.6 Å². The van der Waals surface area contributed by atoms with Crippen molar-refractivity contribution in [1.82, 2.24) is 15.1 Å². The predicted octanol–water partition coefficient (Wildman–Crippen LogP) is 2.75. The van der Waals surface area contributed by atoms with Gasteiger partial charge in [-0.3, -0.25) is 9.59 Å². The van der Waals surface area contributed by atoms with Crippen LogP contribution in [0.3, 0.4) is 0 Å². The molecule has 2 rings (SSSR count). The van der Waals surface area contributed by atoms with Gasteiger partial charge in [-0.15, -0.1) is 0 Å².